The fourth-order valence-electron chi connectivity index (χ4n) is 2.57. The molecule has 0 spiro atoms. The van der Waals surface area contributed by atoms with Crippen molar-refractivity contribution < 1.29 is 9.59 Å². The maximum atomic E-state index is 12.5. The molecule has 0 aliphatic heterocycles. The van der Waals surface area contributed by atoms with Crippen molar-refractivity contribution in [3.63, 3.8) is 0 Å². The first-order valence-corrected chi connectivity index (χ1v) is 8.83. The largest absolute Gasteiger partial charge is 0.346 e. The summed E-state index contributed by atoms with van der Waals surface area (Å²) in [4.78, 5) is 26.3. The Bertz CT molecular complexity index is 571. The number of benzene rings is 1. The Morgan fingerprint density at radius 3 is 2.24 bits per heavy atom. The van der Waals surface area contributed by atoms with Gasteiger partial charge in [0.05, 0.1) is 12.6 Å². The molecule has 2 amide bonds. The topological polar surface area (TPSA) is 75.4 Å². The molecule has 5 nitrogen and oxygen atoms in total. The molecule has 1 aromatic carbocycles. The molecule has 2 rings (SSSR count). The predicted molar refractivity (Wildman–Crippen MR) is 102 cm³/mol. The SMILES string of the molecule is CCc1ccc(CN(C(=O)CNC(=O)[C@@H](N)C(C)C)C2CC2)cc1.Cl. The van der Waals surface area contributed by atoms with Gasteiger partial charge in [-0.25, -0.2) is 0 Å². The molecule has 1 fully saturated rings. The van der Waals surface area contributed by atoms with E-state index < -0.39 is 6.04 Å². The van der Waals surface area contributed by atoms with Crippen LogP contribution < -0.4 is 11.1 Å². The lowest BCUT2D eigenvalue weighted by atomic mass is 10.1. The minimum Gasteiger partial charge on any atom is -0.346 e. The van der Waals surface area contributed by atoms with Gasteiger partial charge in [0, 0.05) is 12.6 Å². The second kappa shape index (κ2) is 9.78. The van der Waals surface area contributed by atoms with E-state index >= 15 is 0 Å². The Kier molecular flexibility index (Phi) is 8.39. The van der Waals surface area contributed by atoms with Gasteiger partial charge in [0.2, 0.25) is 11.8 Å². The summed E-state index contributed by atoms with van der Waals surface area (Å²) in [5, 5.41) is 2.68. The van der Waals surface area contributed by atoms with Crippen LogP contribution in [-0.4, -0.2) is 35.3 Å². The minimum absolute atomic E-state index is 0. The van der Waals surface area contributed by atoms with Gasteiger partial charge >= 0.3 is 0 Å². The molecule has 3 N–H and O–H groups in total. The van der Waals surface area contributed by atoms with Crippen molar-refractivity contribution in [2.45, 2.75) is 58.7 Å². The molecule has 0 saturated heterocycles. The summed E-state index contributed by atoms with van der Waals surface area (Å²) >= 11 is 0. The number of amides is 2. The molecule has 0 bridgehead atoms. The third-order valence-electron chi connectivity index (χ3n) is 4.53. The molecule has 1 atom stereocenters. The zero-order valence-electron chi connectivity index (χ0n) is 15.3. The molecule has 1 aliphatic rings. The highest BCUT2D eigenvalue weighted by Gasteiger charge is 2.32. The summed E-state index contributed by atoms with van der Waals surface area (Å²) in [7, 11) is 0. The van der Waals surface area contributed by atoms with E-state index in [1.54, 1.807) is 0 Å². The van der Waals surface area contributed by atoms with Crippen LogP contribution in [0.5, 0.6) is 0 Å². The minimum atomic E-state index is -0.575. The van der Waals surface area contributed by atoms with E-state index in [1.807, 2.05) is 18.7 Å². The summed E-state index contributed by atoms with van der Waals surface area (Å²) in [6, 6.07) is 8.10. The molecule has 1 saturated carbocycles. The molecule has 25 heavy (non-hydrogen) atoms. The highest BCUT2D eigenvalue weighted by molar-refractivity contribution is 5.87. The molecule has 0 heterocycles. The van der Waals surface area contributed by atoms with Crippen molar-refractivity contribution in [3.8, 4) is 0 Å². The number of nitrogens with zero attached hydrogens (tertiary/aromatic N) is 1. The Balaban J connectivity index is 0.00000312. The van der Waals surface area contributed by atoms with E-state index in [2.05, 4.69) is 36.5 Å². The summed E-state index contributed by atoms with van der Waals surface area (Å²) in [5.74, 6) is -0.250. The summed E-state index contributed by atoms with van der Waals surface area (Å²) in [5.41, 5.74) is 8.22. The van der Waals surface area contributed by atoms with Crippen molar-refractivity contribution in [2.75, 3.05) is 6.54 Å². The third kappa shape index (κ3) is 6.33. The van der Waals surface area contributed by atoms with Crippen LogP contribution in [0.2, 0.25) is 0 Å². The lowest BCUT2D eigenvalue weighted by molar-refractivity contribution is -0.134. The summed E-state index contributed by atoms with van der Waals surface area (Å²) in [6.07, 6.45) is 3.09. The average molecular weight is 368 g/mol. The molecule has 1 aromatic rings. The Morgan fingerprint density at radius 2 is 1.76 bits per heavy atom. The quantitative estimate of drug-likeness (QED) is 0.740. The maximum absolute atomic E-state index is 12.5. The smallest absolute Gasteiger partial charge is 0.242 e. The lowest BCUT2D eigenvalue weighted by Gasteiger charge is -2.23. The molecular formula is C19H30ClN3O2. The van der Waals surface area contributed by atoms with Crippen molar-refractivity contribution in [3.05, 3.63) is 35.4 Å². The lowest BCUT2D eigenvalue weighted by Crippen LogP contribution is -2.48. The molecule has 140 valence electrons. The number of nitrogens with one attached hydrogen (secondary N) is 1. The average Bonchev–Trinajstić information content (AvgIpc) is 3.41. The maximum Gasteiger partial charge on any atom is 0.242 e. The van der Waals surface area contributed by atoms with Crippen LogP contribution in [0, 0.1) is 5.92 Å². The van der Waals surface area contributed by atoms with Crippen molar-refractivity contribution in [1.82, 2.24) is 10.2 Å². The van der Waals surface area contributed by atoms with E-state index in [-0.39, 0.29) is 36.7 Å². The monoisotopic (exact) mass is 367 g/mol. The zero-order valence-corrected chi connectivity index (χ0v) is 16.1. The van der Waals surface area contributed by atoms with E-state index in [1.165, 1.54) is 5.56 Å². The predicted octanol–water partition coefficient (Wildman–Crippen LogP) is 2.26. The highest BCUT2D eigenvalue weighted by Crippen LogP contribution is 2.28. The fraction of sp³-hybridized carbons (Fsp3) is 0.579. The number of aryl methyl sites for hydroxylation is 1. The second-order valence-corrected chi connectivity index (χ2v) is 6.91. The van der Waals surface area contributed by atoms with Crippen LogP contribution in [0.3, 0.4) is 0 Å². The van der Waals surface area contributed by atoms with Gasteiger partial charge in [-0.2, -0.15) is 0 Å². The van der Waals surface area contributed by atoms with Crippen molar-refractivity contribution in [1.29, 1.82) is 0 Å². The number of rotatable bonds is 8. The second-order valence-electron chi connectivity index (χ2n) is 6.91. The third-order valence-corrected chi connectivity index (χ3v) is 4.53. The normalized spacial score (nSPS) is 14.6. The van der Waals surface area contributed by atoms with Gasteiger partial charge in [-0.1, -0.05) is 45.0 Å². The van der Waals surface area contributed by atoms with Crippen LogP contribution >= 0.6 is 12.4 Å². The standard InChI is InChI=1S/C19H29N3O2.ClH/c1-4-14-5-7-15(8-6-14)12-22(16-9-10-16)17(23)11-21-19(24)18(20)13(2)3;/h5-8,13,16,18H,4,9-12,20H2,1-3H3,(H,21,24);1H/t18-;/m0./s1. The van der Waals surface area contributed by atoms with E-state index in [0.29, 0.717) is 12.6 Å². The van der Waals surface area contributed by atoms with Gasteiger partial charge < -0.3 is 16.0 Å². The van der Waals surface area contributed by atoms with Crippen LogP contribution in [0.1, 0.15) is 44.7 Å². The molecule has 0 unspecified atom stereocenters. The molecule has 0 radical (unpaired) electrons. The number of hydrogen-bond acceptors (Lipinski definition) is 3. The van der Waals surface area contributed by atoms with E-state index in [9.17, 15) is 9.59 Å². The van der Waals surface area contributed by atoms with Gasteiger partial charge in [0.15, 0.2) is 0 Å². The Hall–Kier alpha value is -1.59. The number of carbonyl (C=O) groups is 2. The highest BCUT2D eigenvalue weighted by atomic mass is 35.5. The number of carbonyl (C=O) groups excluding carboxylic acids is 2. The summed E-state index contributed by atoms with van der Waals surface area (Å²) in [6.45, 7) is 6.52. The Morgan fingerprint density at radius 1 is 1.20 bits per heavy atom. The van der Waals surface area contributed by atoms with Gasteiger partial charge in [-0.15, -0.1) is 12.4 Å². The van der Waals surface area contributed by atoms with Gasteiger partial charge in [0.1, 0.15) is 0 Å². The molecular weight excluding hydrogens is 338 g/mol. The van der Waals surface area contributed by atoms with Crippen LogP contribution in [-0.2, 0) is 22.6 Å². The van der Waals surface area contributed by atoms with Gasteiger partial charge in [-0.05, 0) is 36.3 Å². The Labute approximate surface area is 156 Å². The van der Waals surface area contributed by atoms with Crippen LogP contribution in [0.25, 0.3) is 0 Å². The van der Waals surface area contributed by atoms with Gasteiger partial charge in [-0.3, -0.25) is 9.59 Å². The number of nitrogens with two attached hydrogens (primary N) is 1. The summed E-state index contributed by atoms with van der Waals surface area (Å²) < 4.78 is 0. The van der Waals surface area contributed by atoms with E-state index in [4.69, 9.17) is 5.73 Å². The zero-order chi connectivity index (χ0) is 17.7. The van der Waals surface area contributed by atoms with Crippen LogP contribution in [0.4, 0.5) is 0 Å². The first-order chi connectivity index (χ1) is 11.4. The number of hydrogen-bond donors (Lipinski definition) is 2. The van der Waals surface area contributed by atoms with E-state index in [0.717, 1.165) is 24.8 Å². The molecule has 0 aromatic heterocycles. The fourth-order valence-corrected chi connectivity index (χ4v) is 2.57. The first-order valence-electron chi connectivity index (χ1n) is 8.83. The molecule has 6 heteroatoms. The van der Waals surface area contributed by atoms with Crippen molar-refractivity contribution >= 4 is 24.2 Å². The van der Waals surface area contributed by atoms with Crippen molar-refractivity contribution in [2.24, 2.45) is 11.7 Å². The molecule has 1 aliphatic carbocycles. The van der Waals surface area contributed by atoms with Crippen LogP contribution in [0.15, 0.2) is 24.3 Å². The first kappa shape index (κ1) is 21.5. The van der Waals surface area contributed by atoms with Gasteiger partial charge in [0.25, 0.3) is 0 Å². The number of halogens is 1.